The van der Waals surface area contributed by atoms with E-state index in [9.17, 15) is 12.8 Å². The molecular weight excluding hydrogens is 361 g/mol. The largest absolute Gasteiger partial charge is 0.319 e. The molecule has 0 saturated carbocycles. The molecule has 5 nitrogen and oxygen atoms in total. The molecule has 21 heavy (non-hydrogen) atoms. The van der Waals surface area contributed by atoms with Crippen LogP contribution in [0.4, 0.5) is 10.1 Å². The molecule has 1 aliphatic heterocycles. The smallest absolute Gasteiger partial charge is 0.301 e. The number of rotatable bonds is 5. The van der Waals surface area contributed by atoms with Crippen molar-refractivity contribution in [3.63, 3.8) is 0 Å². The molecule has 0 aliphatic carbocycles. The van der Waals surface area contributed by atoms with Crippen LogP contribution in [0, 0.1) is 11.7 Å². The highest BCUT2D eigenvalue weighted by Gasteiger charge is 2.29. The molecule has 8 heteroatoms. The van der Waals surface area contributed by atoms with Gasteiger partial charge in [0, 0.05) is 17.6 Å². The van der Waals surface area contributed by atoms with Gasteiger partial charge in [0.15, 0.2) is 0 Å². The highest BCUT2D eigenvalue weighted by atomic mass is 79.9. The second-order valence-electron chi connectivity index (χ2n) is 5.16. The van der Waals surface area contributed by atoms with Gasteiger partial charge in [0.25, 0.3) is 0 Å². The topological polar surface area (TPSA) is 61.4 Å². The third-order valence-electron chi connectivity index (χ3n) is 3.48. The van der Waals surface area contributed by atoms with Crippen LogP contribution < -0.4 is 10.0 Å². The summed E-state index contributed by atoms with van der Waals surface area (Å²) in [5, 5.41) is 3.07. The van der Waals surface area contributed by atoms with Crippen molar-refractivity contribution in [1.82, 2.24) is 9.62 Å². The van der Waals surface area contributed by atoms with Crippen LogP contribution >= 0.6 is 15.9 Å². The van der Waals surface area contributed by atoms with Gasteiger partial charge in [-0.25, -0.2) is 4.39 Å². The lowest BCUT2D eigenvalue weighted by molar-refractivity contribution is 0.264. The first-order chi connectivity index (χ1) is 9.92. The number of anilines is 1. The first kappa shape index (κ1) is 16.7. The van der Waals surface area contributed by atoms with E-state index >= 15 is 0 Å². The molecule has 2 N–H and O–H groups in total. The van der Waals surface area contributed by atoms with Crippen LogP contribution in [0.15, 0.2) is 22.7 Å². The summed E-state index contributed by atoms with van der Waals surface area (Å²) in [7, 11) is -1.87. The number of piperidine rings is 1. The highest BCUT2D eigenvalue weighted by Crippen LogP contribution is 2.23. The Morgan fingerprint density at radius 1 is 1.48 bits per heavy atom. The Morgan fingerprint density at radius 3 is 2.90 bits per heavy atom. The number of benzene rings is 1. The van der Waals surface area contributed by atoms with Crippen molar-refractivity contribution >= 4 is 31.8 Å². The molecule has 118 valence electrons. The molecule has 1 fully saturated rings. The Morgan fingerprint density at radius 2 is 2.24 bits per heavy atom. The molecule has 1 atom stereocenters. The van der Waals surface area contributed by atoms with E-state index in [0.29, 0.717) is 17.6 Å². The van der Waals surface area contributed by atoms with E-state index in [-0.39, 0.29) is 11.6 Å². The predicted octanol–water partition coefficient (Wildman–Crippen LogP) is 2.18. The van der Waals surface area contributed by atoms with Crippen LogP contribution in [0.5, 0.6) is 0 Å². The predicted molar refractivity (Wildman–Crippen MR) is 84.9 cm³/mol. The zero-order valence-corrected chi connectivity index (χ0v) is 14.2. The molecule has 0 amide bonds. The van der Waals surface area contributed by atoms with Gasteiger partial charge in [0.05, 0.1) is 5.69 Å². The van der Waals surface area contributed by atoms with E-state index in [4.69, 9.17) is 0 Å². The minimum Gasteiger partial charge on any atom is -0.319 e. The van der Waals surface area contributed by atoms with Crippen molar-refractivity contribution in [3.8, 4) is 0 Å². The Balaban J connectivity index is 2.10. The molecular formula is C13H19BrFN3O2S. The fraction of sp³-hybridized carbons (Fsp3) is 0.538. The van der Waals surface area contributed by atoms with Gasteiger partial charge in [-0.15, -0.1) is 0 Å². The zero-order valence-electron chi connectivity index (χ0n) is 11.8. The summed E-state index contributed by atoms with van der Waals surface area (Å²) >= 11 is 3.14. The first-order valence-electron chi connectivity index (χ1n) is 6.80. The van der Waals surface area contributed by atoms with E-state index in [1.807, 2.05) is 7.05 Å². The van der Waals surface area contributed by atoms with Gasteiger partial charge in [-0.05, 0) is 50.6 Å². The number of nitrogens with zero attached hydrogens (tertiary/aromatic N) is 1. The Kier molecular flexibility index (Phi) is 5.59. The van der Waals surface area contributed by atoms with Crippen LogP contribution in [0.1, 0.15) is 12.8 Å². The maximum atomic E-state index is 13.8. The van der Waals surface area contributed by atoms with Crippen molar-refractivity contribution in [1.29, 1.82) is 0 Å². The molecule has 2 rings (SSSR count). The SMILES string of the molecule is CNCC1CCCN(S(=O)(=O)Nc2ccc(Br)cc2F)C1. The quantitative estimate of drug-likeness (QED) is 0.823. The molecule has 1 aromatic carbocycles. The van der Waals surface area contributed by atoms with E-state index < -0.39 is 16.0 Å². The maximum Gasteiger partial charge on any atom is 0.301 e. The zero-order chi connectivity index (χ0) is 15.5. The van der Waals surface area contributed by atoms with Crippen molar-refractivity contribution in [2.24, 2.45) is 5.92 Å². The standard InChI is InChI=1S/C13H19BrFN3O2S/c1-16-8-10-3-2-6-18(9-10)21(19,20)17-13-5-4-11(14)7-12(13)15/h4-5,7,10,16-17H,2-3,6,8-9H2,1H3. The third kappa shape index (κ3) is 4.38. The summed E-state index contributed by atoms with van der Waals surface area (Å²) in [6, 6.07) is 4.24. The van der Waals surface area contributed by atoms with E-state index in [1.54, 1.807) is 6.07 Å². The monoisotopic (exact) mass is 379 g/mol. The van der Waals surface area contributed by atoms with Crippen molar-refractivity contribution < 1.29 is 12.8 Å². The minimum absolute atomic E-state index is 0.0334. The fourth-order valence-electron chi connectivity index (χ4n) is 2.48. The molecule has 1 heterocycles. The summed E-state index contributed by atoms with van der Waals surface area (Å²) in [6.45, 7) is 1.70. The van der Waals surface area contributed by atoms with Crippen molar-refractivity contribution in [2.75, 3.05) is 31.4 Å². The van der Waals surface area contributed by atoms with Crippen molar-refractivity contribution in [2.45, 2.75) is 12.8 Å². The van der Waals surface area contributed by atoms with Gasteiger partial charge < -0.3 is 5.32 Å². The summed E-state index contributed by atoms with van der Waals surface area (Å²) in [4.78, 5) is 0. The normalized spacial score (nSPS) is 20.4. The summed E-state index contributed by atoms with van der Waals surface area (Å²) in [5.41, 5.74) is -0.0334. The average molecular weight is 380 g/mol. The number of halogens is 2. The number of hydrogen-bond donors (Lipinski definition) is 2. The van der Waals surface area contributed by atoms with E-state index in [0.717, 1.165) is 19.4 Å². The second kappa shape index (κ2) is 7.04. The van der Waals surface area contributed by atoms with Gasteiger partial charge in [0.1, 0.15) is 5.82 Å². The van der Waals surface area contributed by atoms with Crippen LogP contribution in [0.3, 0.4) is 0 Å². The van der Waals surface area contributed by atoms with Gasteiger partial charge in [-0.2, -0.15) is 12.7 Å². The van der Waals surface area contributed by atoms with Gasteiger partial charge >= 0.3 is 10.2 Å². The minimum atomic E-state index is -3.72. The molecule has 1 aromatic rings. The average Bonchev–Trinajstić information content (AvgIpc) is 2.43. The molecule has 1 aliphatic rings. The molecule has 0 spiro atoms. The first-order valence-corrected chi connectivity index (χ1v) is 9.03. The molecule has 0 bridgehead atoms. The Bertz CT molecular complexity index is 595. The Hall–Kier alpha value is -0.700. The molecule has 1 saturated heterocycles. The number of hydrogen-bond acceptors (Lipinski definition) is 3. The summed E-state index contributed by atoms with van der Waals surface area (Å²) in [6.07, 6.45) is 1.82. The second-order valence-corrected chi connectivity index (χ2v) is 7.74. The summed E-state index contributed by atoms with van der Waals surface area (Å²) < 4.78 is 42.8. The van der Waals surface area contributed by atoms with Crippen molar-refractivity contribution in [3.05, 3.63) is 28.5 Å². The molecule has 1 unspecified atom stereocenters. The molecule has 0 radical (unpaired) electrons. The lowest BCUT2D eigenvalue weighted by atomic mass is 10.00. The highest BCUT2D eigenvalue weighted by molar-refractivity contribution is 9.10. The van der Waals surface area contributed by atoms with Gasteiger partial charge in [-0.3, -0.25) is 4.72 Å². The van der Waals surface area contributed by atoms with Crippen LogP contribution in [-0.4, -0.2) is 39.4 Å². The Labute approximate surface area is 133 Å². The maximum absolute atomic E-state index is 13.8. The van der Waals surface area contributed by atoms with Crippen LogP contribution in [0.25, 0.3) is 0 Å². The van der Waals surface area contributed by atoms with Crippen LogP contribution in [0.2, 0.25) is 0 Å². The molecule has 0 aromatic heterocycles. The summed E-state index contributed by atoms with van der Waals surface area (Å²) in [5.74, 6) is -0.313. The van der Waals surface area contributed by atoms with Gasteiger partial charge in [-0.1, -0.05) is 15.9 Å². The van der Waals surface area contributed by atoms with E-state index in [1.165, 1.54) is 16.4 Å². The fourth-order valence-corrected chi connectivity index (χ4v) is 4.16. The van der Waals surface area contributed by atoms with E-state index in [2.05, 4.69) is 26.0 Å². The van der Waals surface area contributed by atoms with Gasteiger partial charge in [0.2, 0.25) is 0 Å². The lowest BCUT2D eigenvalue weighted by Gasteiger charge is -2.31. The third-order valence-corrected chi connectivity index (χ3v) is 5.47. The number of nitrogens with one attached hydrogen (secondary N) is 2. The lowest BCUT2D eigenvalue weighted by Crippen LogP contribution is -2.44. The van der Waals surface area contributed by atoms with Crippen LogP contribution in [-0.2, 0) is 10.2 Å².